The molecule has 8 heteroatoms. The molecule has 1 aliphatic rings. The fraction of sp³-hybridized carbons (Fsp3) is 0.312. The molecule has 1 aromatic heterocycles. The summed E-state index contributed by atoms with van der Waals surface area (Å²) < 4.78 is 26.6. The minimum atomic E-state index is -3.47. The van der Waals surface area contributed by atoms with E-state index in [1.807, 2.05) is 0 Å². The van der Waals surface area contributed by atoms with Gasteiger partial charge in [0.05, 0.1) is 11.1 Å². The van der Waals surface area contributed by atoms with E-state index in [-0.39, 0.29) is 17.6 Å². The van der Waals surface area contributed by atoms with Crippen LogP contribution in [0.25, 0.3) is 0 Å². The molecule has 1 fully saturated rings. The molecule has 3 rings (SSSR count). The van der Waals surface area contributed by atoms with Gasteiger partial charge in [0.1, 0.15) is 5.69 Å². The number of sulfonamides is 1. The molecule has 126 valence electrons. The Morgan fingerprint density at radius 1 is 1.12 bits per heavy atom. The van der Waals surface area contributed by atoms with E-state index in [4.69, 9.17) is 0 Å². The van der Waals surface area contributed by atoms with E-state index in [2.05, 4.69) is 15.3 Å². The van der Waals surface area contributed by atoms with Gasteiger partial charge in [0.25, 0.3) is 5.91 Å². The van der Waals surface area contributed by atoms with Crippen LogP contribution >= 0.6 is 0 Å². The van der Waals surface area contributed by atoms with Crippen LogP contribution in [0, 0.1) is 0 Å². The van der Waals surface area contributed by atoms with E-state index in [0.29, 0.717) is 30.8 Å². The van der Waals surface area contributed by atoms with Gasteiger partial charge in [0.2, 0.25) is 10.0 Å². The summed E-state index contributed by atoms with van der Waals surface area (Å²) in [5.74, 6) is -0.285. The highest BCUT2D eigenvalue weighted by Gasteiger charge is 2.30. The van der Waals surface area contributed by atoms with E-state index in [0.717, 1.165) is 0 Å². The molecule has 24 heavy (non-hydrogen) atoms. The van der Waals surface area contributed by atoms with Crippen LogP contribution in [0.3, 0.4) is 0 Å². The van der Waals surface area contributed by atoms with Crippen LogP contribution in [-0.2, 0) is 10.0 Å². The molecule has 0 atom stereocenters. The van der Waals surface area contributed by atoms with Gasteiger partial charge in [-0.15, -0.1) is 0 Å². The van der Waals surface area contributed by atoms with E-state index in [9.17, 15) is 13.2 Å². The zero-order valence-electron chi connectivity index (χ0n) is 13.0. The first-order valence-corrected chi connectivity index (χ1v) is 9.13. The summed E-state index contributed by atoms with van der Waals surface area (Å²) in [5, 5.41) is 2.88. The number of benzene rings is 1. The van der Waals surface area contributed by atoms with Crippen LogP contribution in [-0.4, -0.2) is 47.7 Å². The number of rotatable bonds is 4. The summed E-state index contributed by atoms with van der Waals surface area (Å²) >= 11 is 0. The van der Waals surface area contributed by atoms with Crippen LogP contribution < -0.4 is 5.32 Å². The molecule has 0 saturated carbocycles. The number of nitrogens with one attached hydrogen (secondary N) is 1. The Kier molecular flexibility index (Phi) is 4.86. The van der Waals surface area contributed by atoms with Gasteiger partial charge >= 0.3 is 0 Å². The Labute approximate surface area is 140 Å². The normalized spacial score (nSPS) is 16.7. The Balaban J connectivity index is 1.59. The first-order chi connectivity index (χ1) is 11.6. The zero-order valence-corrected chi connectivity index (χ0v) is 13.8. The van der Waals surface area contributed by atoms with Crippen LogP contribution in [0.15, 0.2) is 53.8 Å². The Bertz CT molecular complexity index is 789. The van der Waals surface area contributed by atoms with Gasteiger partial charge < -0.3 is 5.32 Å². The molecule has 2 heterocycles. The second-order valence-electron chi connectivity index (χ2n) is 5.56. The number of nitrogens with zero attached hydrogens (tertiary/aromatic N) is 3. The lowest BCUT2D eigenvalue weighted by molar-refractivity contribution is 0.0918. The number of piperidine rings is 1. The highest BCUT2D eigenvalue weighted by atomic mass is 32.2. The van der Waals surface area contributed by atoms with Crippen molar-refractivity contribution in [3.8, 4) is 0 Å². The molecule has 1 N–H and O–H groups in total. The van der Waals surface area contributed by atoms with Crippen molar-refractivity contribution in [1.29, 1.82) is 0 Å². The number of amides is 1. The molecule has 0 radical (unpaired) electrons. The van der Waals surface area contributed by atoms with Gasteiger partial charge in [0, 0.05) is 31.5 Å². The van der Waals surface area contributed by atoms with Crippen molar-refractivity contribution in [2.75, 3.05) is 13.1 Å². The standard InChI is InChI=1S/C16H18N4O3S/c21-16(15-12-17-8-9-18-15)19-13-6-10-20(11-7-13)24(22,23)14-4-2-1-3-5-14/h1-5,8-9,12-13H,6-7,10-11H2,(H,19,21). The molecule has 1 aliphatic heterocycles. The fourth-order valence-corrected chi connectivity index (χ4v) is 4.15. The van der Waals surface area contributed by atoms with Gasteiger partial charge in [-0.05, 0) is 25.0 Å². The maximum atomic E-state index is 12.6. The quantitative estimate of drug-likeness (QED) is 0.894. The van der Waals surface area contributed by atoms with Gasteiger partial charge in [-0.1, -0.05) is 18.2 Å². The van der Waals surface area contributed by atoms with Gasteiger partial charge in [-0.3, -0.25) is 9.78 Å². The molecule has 1 saturated heterocycles. The summed E-state index contributed by atoms with van der Waals surface area (Å²) in [6, 6.07) is 8.32. The predicted molar refractivity (Wildman–Crippen MR) is 87.7 cm³/mol. The SMILES string of the molecule is O=C(NC1CCN(S(=O)(=O)c2ccccc2)CC1)c1cnccn1. The Morgan fingerprint density at radius 2 is 1.83 bits per heavy atom. The summed E-state index contributed by atoms with van der Waals surface area (Å²) in [6.07, 6.45) is 5.51. The molecule has 2 aromatic rings. The maximum Gasteiger partial charge on any atom is 0.271 e. The van der Waals surface area contributed by atoms with E-state index < -0.39 is 10.0 Å². The van der Waals surface area contributed by atoms with Crippen molar-refractivity contribution in [2.45, 2.75) is 23.8 Å². The molecular formula is C16H18N4O3S. The summed E-state index contributed by atoms with van der Waals surface area (Å²) in [6.45, 7) is 0.755. The van der Waals surface area contributed by atoms with Crippen molar-refractivity contribution in [1.82, 2.24) is 19.6 Å². The summed E-state index contributed by atoms with van der Waals surface area (Å²) in [5.41, 5.74) is 0.261. The van der Waals surface area contributed by atoms with Crippen LogP contribution in [0.1, 0.15) is 23.3 Å². The van der Waals surface area contributed by atoms with Crippen molar-refractivity contribution < 1.29 is 13.2 Å². The van der Waals surface area contributed by atoms with Crippen molar-refractivity contribution >= 4 is 15.9 Å². The number of carbonyl (C=O) groups is 1. The van der Waals surface area contributed by atoms with Crippen molar-refractivity contribution in [3.05, 3.63) is 54.6 Å². The lowest BCUT2D eigenvalue weighted by atomic mass is 10.1. The minimum absolute atomic E-state index is 0.0678. The van der Waals surface area contributed by atoms with Crippen LogP contribution in [0.5, 0.6) is 0 Å². The monoisotopic (exact) mass is 346 g/mol. The first kappa shape index (κ1) is 16.5. The average molecular weight is 346 g/mol. The van der Waals surface area contributed by atoms with Gasteiger partial charge in [-0.2, -0.15) is 4.31 Å². The third kappa shape index (κ3) is 3.60. The first-order valence-electron chi connectivity index (χ1n) is 7.69. The number of hydrogen-bond acceptors (Lipinski definition) is 5. The molecule has 0 unspecified atom stereocenters. The molecule has 1 aromatic carbocycles. The predicted octanol–water partition coefficient (Wildman–Crippen LogP) is 1.06. The zero-order chi connectivity index (χ0) is 17.0. The highest BCUT2D eigenvalue weighted by Crippen LogP contribution is 2.20. The second kappa shape index (κ2) is 7.06. The molecule has 7 nitrogen and oxygen atoms in total. The van der Waals surface area contributed by atoms with Crippen LogP contribution in [0.2, 0.25) is 0 Å². The van der Waals surface area contributed by atoms with E-state index >= 15 is 0 Å². The molecule has 0 bridgehead atoms. The van der Waals surface area contributed by atoms with Gasteiger partial charge in [-0.25, -0.2) is 13.4 Å². The molecule has 0 aliphatic carbocycles. The third-order valence-electron chi connectivity index (χ3n) is 3.97. The minimum Gasteiger partial charge on any atom is -0.348 e. The van der Waals surface area contributed by atoms with E-state index in [1.165, 1.54) is 22.9 Å². The topological polar surface area (TPSA) is 92.3 Å². The highest BCUT2D eigenvalue weighted by molar-refractivity contribution is 7.89. The molecule has 1 amide bonds. The van der Waals surface area contributed by atoms with Gasteiger partial charge in [0.15, 0.2) is 0 Å². The number of hydrogen-bond donors (Lipinski definition) is 1. The Morgan fingerprint density at radius 3 is 2.46 bits per heavy atom. The summed E-state index contributed by atoms with van der Waals surface area (Å²) in [7, 11) is -3.47. The average Bonchev–Trinajstić information content (AvgIpc) is 2.63. The smallest absolute Gasteiger partial charge is 0.271 e. The summed E-state index contributed by atoms with van der Waals surface area (Å²) in [4.78, 5) is 20.2. The lowest BCUT2D eigenvalue weighted by Crippen LogP contribution is -2.46. The molecular weight excluding hydrogens is 328 g/mol. The third-order valence-corrected chi connectivity index (χ3v) is 5.88. The largest absolute Gasteiger partial charge is 0.348 e. The Hall–Kier alpha value is -2.32. The lowest BCUT2D eigenvalue weighted by Gasteiger charge is -2.31. The molecule has 0 spiro atoms. The maximum absolute atomic E-state index is 12.6. The second-order valence-corrected chi connectivity index (χ2v) is 7.49. The fourth-order valence-electron chi connectivity index (χ4n) is 2.66. The number of carbonyl (C=O) groups excluding carboxylic acids is 1. The number of aromatic nitrogens is 2. The van der Waals surface area contributed by atoms with Crippen molar-refractivity contribution in [2.24, 2.45) is 0 Å². The van der Waals surface area contributed by atoms with E-state index in [1.54, 1.807) is 30.3 Å². The van der Waals surface area contributed by atoms with Crippen molar-refractivity contribution in [3.63, 3.8) is 0 Å². The van der Waals surface area contributed by atoms with Crippen LogP contribution in [0.4, 0.5) is 0 Å².